The molecule has 1 aromatic heterocycles. The molecule has 0 unspecified atom stereocenters. The van der Waals surface area contributed by atoms with Crippen molar-refractivity contribution >= 4 is 36.7 Å². The van der Waals surface area contributed by atoms with Crippen LogP contribution in [0.5, 0.6) is 0 Å². The summed E-state index contributed by atoms with van der Waals surface area (Å²) in [5.74, 6) is 0. The molecule has 2 aromatic rings. The molecule has 2 fully saturated rings. The number of rotatable bonds is 4. The van der Waals surface area contributed by atoms with Crippen LogP contribution in [-0.2, 0) is 16.4 Å². The van der Waals surface area contributed by atoms with Crippen LogP contribution in [0.1, 0.15) is 25.3 Å². The Bertz CT molecular complexity index is 819. The van der Waals surface area contributed by atoms with Crippen molar-refractivity contribution in [3.05, 3.63) is 23.8 Å². The van der Waals surface area contributed by atoms with Gasteiger partial charge in [0.2, 0.25) is 10.0 Å². The van der Waals surface area contributed by atoms with E-state index in [0.29, 0.717) is 13.1 Å². The minimum Gasteiger partial charge on any atom is -0.345 e. The molecule has 124 valence electrons. The Labute approximate surface area is 141 Å². The van der Waals surface area contributed by atoms with E-state index in [-0.39, 0.29) is 5.25 Å². The number of fused-ring (bicyclic) bond motifs is 1. The van der Waals surface area contributed by atoms with Crippen molar-refractivity contribution < 1.29 is 8.42 Å². The van der Waals surface area contributed by atoms with Crippen LogP contribution >= 0.6 is 11.3 Å². The second kappa shape index (κ2) is 5.72. The van der Waals surface area contributed by atoms with E-state index in [1.54, 1.807) is 15.6 Å². The summed E-state index contributed by atoms with van der Waals surface area (Å²) in [7, 11) is -3.04. The number of thiazole rings is 1. The highest BCUT2D eigenvalue weighted by molar-refractivity contribution is 7.90. The molecule has 1 aromatic carbocycles. The lowest BCUT2D eigenvalue weighted by atomic mass is 10.1. The van der Waals surface area contributed by atoms with Crippen LogP contribution in [0.4, 0.5) is 5.13 Å². The van der Waals surface area contributed by atoms with Gasteiger partial charge in [-0.1, -0.05) is 30.4 Å². The van der Waals surface area contributed by atoms with Gasteiger partial charge in [-0.05, 0) is 30.9 Å². The Morgan fingerprint density at radius 3 is 2.61 bits per heavy atom. The first kappa shape index (κ1) is 15.4. The number of para-hydroxylation sites is 1. The first-order valence-corrected chi connectivity index (χ1v) is 10.5. The number of hydrogen-bond donors (Lipinski definition) is 0. The van der Waals surface area contributed by atoms with E-state index in [1.807, 2.05) is 0 Å². The van der Waals surface area contributed by atoms with Crippen LogP contribution < -0.4 is 4.90 Å². The zero-order valence-electron chi connectivity index (χ0n) is 13.2. The average Bonchev–Trinajstić information content (AvgIpc) is 3.34. The summed E-state index contributed by atoms with van der Waals surface area (Å²) in [5.41, 5.74) is 2.38. The van der Waals surface area contributed by atoms with Gasteiger partial charge < -0.3 is 4.90 Å². The van der Waals surface area contributed by atoms with Gasteiger partial charge in [-0.15, -0.1) is 0 Å². The van der Waals surface area contributed by atoms with E-state index in [4.69, 9.17) is 4.98 Å². The number of sulfonamides is 1. The third-order valence-electron chi connectivity index (χ3n) is 4.69. The number of aromatic nitrogens is 1. The Balaban J connectivity index is 1.52. The van der Waals surface area contributed by atoms with Gasteiger partial charge >= 0.3 is 0 Å². The Hall–Kier alpha value is -1.18. The van der Waals surface area contributed by atoms with Gasteiger partial charge in [0.05, 0.1) is 15.5 Å². The van der Waals surface area contributed by atoms with E-state index < -0.39 is 10.0 Å². The van der Waals surface area contributed by atoms with Crippen molar-refractivity contribution in [2.24, 2.45) is 0 Å². The summed E-state index contributed by atoms with van der Waals surface area (Å²) in [5, 5.41) is 0.910. The number of nitrogens with zero attached hydrogens (tertiary/aromatic N) is 3. The van der Waals surface area contributed by atoms with Gasteiger partial charge in [0.1, 0.15) is 0 Å². The van der Waals surface area contributed by atoms with Gasteiger partial charge in [0.25, 0.3) is 0 Å². The summed E-state index contributed by atoms with van der Waals surface area (Å²) in [6, 6.07) is 6.33. The quantitative estimate of drug-likeness (QED) is 0.849. The first-order chi connectivity index (χ1) is 11.1. The van der Waals surface area contributed by atoms with Gasteiger partial charge in [0.15, 0.2) is 5.13 Å². The summed E-state index contributed by atoms with van der Waals surface area (Å²) in [6.45, 7) is 4.76. The molecule has 4 rings (SSSR count). The van der Waals surface area contributed by atoms with Crippen molar-refractivity contribution in [2.45, 2.75) is 31.4 Å². The standard InChI is InChI=1S/C16H21N3O2S2/c1-2-12-4-3-5-14-15(12)17-16(22-14)18-8-10-19(11-9-18)23(20,21)13-6-7-13/h3-5,13H,2,6-11H2,1H3. The molecule has 0 N–H and O–H groups in total. The molecular formula is C16H21N3O2S2. The van der Waals surface area contributed by atoms with Crippen LogP contribution in [0.3, 0.4) is 0 Å². The second-order valence-corrected chi connectivity index (χ2v) is 9.47. The number of anilines is 1. The molecule has 7 heteroatoms. The minimum atomic E-state index is -3.04. The monoisotopic (exact) mass is 351 g/mol. The Morgan fingerprint density at radius 1 is 1.22 bits per heavy atom. The molecule has 1 saturated carbocycles. The predicted octanol–water partition coefficient (Wildman–Crippen LogP) is 2.47. The fourth-order valence-electron chi connectivity index (χ4n) is 3.12. The number of hydrogen-bond acceptors (Lipinski definition) is 5. The maximum atomic E-state index is 12.3. The largest absolute Gasteiger partial charge is 0.345 e. The molecular weight excluding hydrogens is 330 g/mol. The van der Waals surface area contributed by atoms with Crippen LogP contribution in [0.25, 0.3) is 10.2 Å². The van der Waals surface area contributed by atoms with E-state index in [2.05, 4.69) is 30.0 Å². The van der Waals surface area contributed by atoms with Crippen LogP contribution in [-0.4, -0.2) is 49.1 Å². The average molecular weight is 351 g/mol. The van der Waals surface area contributed by atoms with Crippen molar-refractivity contribution in [3.63, 3.8) is 0 Å². The molecule has 1 aliphatic heterocycles. The maximum Gasteiger partial charge on any atom is 0.217 e. The van der Waals surface area contributed by atoms with E-state index in [9.17, 15) is 8.42 Å². The van der Waals surface area contributed by atoms with Gasteiger partial charge in [-0.2, -0.15) is 4.31 Å². The zero-order valence-corrected chi connectivity index (χ0v) is 14.9. The molecule has 0 spiro atoms. The summed E-state index contributed by atoms with van der Waals surface area (Å²) >= 11 is 1.71. The third kappa shape index (κ3) is 2.75. The SMILES string of the molecule is CCc1cccc2sc(N3CCN(S(=O)(=O)C4CC4)CC3)nc12. The Morgan fingerprint density at radius 2 is 1.96 bits per heavy atom. The number of aryl methyl sites for hydroxylation is 1. The molecule has 1 saturated heterocycles. The molecule has 5 nitrogen and oxygen atoms in total. The molecule has 1 aliphatic carbocycles. The molecule has 2 heterocycles. The van der Waals surface area contributed by atoms with Crippen LogP contribution in [0.15, 0.2) is 18.2 Å². The smallest absolute Gasteiger partial charge is 0.217 e. The molecule has 23 heavy (non-hydrogen) atoms. The lowest BCUT2D eigenvalue weighted by Crippen LogP contribution is -2.49. The van der Waals surface area contributed by atoms with Gasteiger partial charge in [-0.3, -0.25) is 0 Å². The van der Waals surface area contributed by atoms with Gasteiger partial charge in [0, 0.05) is 26.2 Å². The van der Waals surface area contributed by atoms with Crippen LogP contribution in [0, 0.1) is 0 Å². The van der Waals surface area contributed by atoms with E-state index in [1.165, 1.54) is 10.3 Å². The molecule has 0 bridgehead atoms. The first-order valence-electron chi connectivity index (χ1n) is 8.22. The molecule has 2 aliphatic rings. The molecule has 0 atom stereocenters. The summed E-state index contributed by atoms with van der Waals surface area (Å²) < 4.78 is 27.5. The third-order valence-corrected chi connectivity index (χ3v) is 8.17. The number of piperazine rings is 1. The molecule has 0 amide bonds. The fourth-order valence-corrected chi connectivity index (χ4v) is 6.02. The lowest BCUT2D eigenvalue weighted by molar-refractivity contribution is 0.384. The van der Waals surface area contributed by atoms with E-state index in [0.717, 1.165) is 43.0 Å². The van der Waals surface area contributed by atoms with E-state index >= 15 is 0 Å². The summed E-state index contributed by atoms with van der Waals surface area (Å²) in [6.07, 6.45) is 2.65. The highest BCUT2D eigenvalue weighted by Crippen LogP contribution is 2.34. The normalized spacial score (nSPS) is 20.3. The van der Waals surface area contributed by atoms with Crippen molar-refractivity contribution in [1.82, 2.24) is 9.29 Å². The Kier molecular flexibility index (Phi) is 3.82. The minimum absolute atomic E-state index is 0.108. The summed E-state index contributed by atoms with van der Waals surface area (Å²) in [4.78, 5) is 7.04. The predicted molar refractivity (Wildman–Crippen MR) is 94.7 cm³/mol. The van der Waals surface area contributed by atoms with Crippen molar-refractivity contribution in [1.29, 1.82) is 0 Å². The zero-order chi connectivity index (χ0) is 16.0. The maximum absolute atomic E-state index is 12.3. The molecule has 0 radical (unpaired) electrons. The second-order valence-electron chi connectivity index (χ2n) is 6.24. The number of benzene rings is 1. The fraction of sp³-hybridized carbons (Fsp3) is 0.562. The highest BCUT2D eigenvalue weighted by Gasteiger charge is 2.41. The highest BCUT2D eigenvalue weighted by atomic mass is 32.2. The van der Waals surface area contributed by atoms with Crippen molar-refractivity contribution in [3.8, 4) is 0 Å². The van der Waals surface area contributed by atoms with Gasteiger partial charge in [-0.25, -0.2) is 13.4 Å². The van der Waals surface area contributed by atoms with Crippen LogP contribution in [0.2, 0.25) is 0 Å². The topological polar surface area (TPSA) is 53.5 Å². The van der Waals surface area contributed by atoms with Crippen molar-refractivity contribution in [2.75, 3.05) is 31.1 Å². The lowest BCUT2D eigenvalue weighted by Gasteiger charge is -2.33.